The monoisotopic (exact) mass is 278 g/mol. The fourth-order valence-electron chi connectivity index (χ4n) is 1.80. The molecule has 0 bridgehead atoms. The van der Waals surface area contributed by atoms with Gasteiger partial charge in [0, 0.05) is 12.3 Å². The van der Waals surface area contributed by atoms with Gasteiger partial charge in [0.15, 0.2) is 5.57 Å². The van der Waals surface area contributed by atoms with Crippen molar-refractivity contribution >= 4 is 23.4 Å². The van der Waals surface area contributed by atoms with E-state index in [2.05, 4.69) is 4.74 Å². The molecule has 6 heteroatoms. The number of carbonyl (C=O) groups is 1. The first kappa shape index (κ1) is 13.4. The van der Waals surface area contributed by atoms with E-state index in [9.17, 15) is 9.18 Å². The van der Waals surface area contributed by atoms with Crippen molar-refractivity contribution in [3.8, 4) is 6.07 Å². The molecule has 98 valence electrons. The van der Waals surface area contributed by atoms with Gasteiger partial charge in [-0.05, 0) is 12.1 Å². The molecule has 1 heterocycles. The zero-order chi connectivity index (χ0) is 13.8. The molecule has 2 rings (SSSR count). The Bertz CT molecular complexity index is 580. The number of halogens is 1. The van der Waals surface area contributed by atoms with Crippen LogP contribution < -0.4 is 4.90 Å². The average Bonchev–Trinajstić information content (AvgIpc) is 2.89. The van der Waals surface area contributed by atoms with E-state index in [1.807, 2.05) is 6.07 Å². The topological polar surface area (TPSA) is 53.3 Å². The molecular weight excluding hydrogens is 267 g/mol. The van der Waals surface area contributed by atoms with Gasteiger partial charge < -0.3 is 9.64 Å². The second-order valence-electron chi connectivity index (χ2n) is 3.74. The van der Waals surface area contributed by atoms with Crippen LogP contribution in [-0.2, 0) is 9.53 Å². The normalized spacial score (nSPS) is 17.0. The maximum absolute atomic E-state index is 13.8. The number of nitriles is 1. The summed E-state index contributed by atoms with van der Waals surface area (Å²) in [6, 6.07) is 8.11. The summed E-state index contributed by atoms with van der Waals surface area (Å²) in [6.07, 6.45) is 0. The lowest BCUT2D eigenvalue weighted by Crippen LogP contribution is -2.21. The number of hydrogen-bond acceptors (Lipinski definition) is 5. The summed E-state index contributed by atoms with van der Waals surface area (Å²) >= 11 is 1.35. The fourth-order valence-corrected chi connectivity index (χ4v) is 2.89. The number of ether oxygens (including phenoxy) is 1. The van der Waals surface area contributed by atoms with Crippen molar-refractivity contribution in [3.05, 3.63) is 40.7 Å². The molecule has 1 aromatic rings. The number of methoxy groups -OCH3 is 1. The minimum Gasteiger partial charge on any atom is -0.465 e. The summed E-state index contributed by atoms with van der Waals surface area (Å²) in [6.45, 7) is 0.545. The number of hydrogen-bond donors (Lipinski definition) is 0. The van der Waals surface area contributed by atoms with Crippen LogP contribution in [0.25, 0.3) is 0 Å². The van der Waals surface area contributed by atoms with E-state index in [0.717, 1.165) is 0 Å². The van der Waals surface area contributed by atoms with Gasteiger partial charge in [0.1, 0.15) is 16.9 Å². The van der Waals surface area contributed by atoms with Crippen molar-refractivity contribution < 1.29 is 13.9 Å². The maximum atomic E-state index is 13.8. The molecule has 0 N–H and O–H groups in total. The summed E-state index contributed by atoms with van der Waals surface area (Å²) in [7, 11) is 1.22. The Morgan fingerprint density at radius 2 is 2.26 bits per heavy atom. The van der Waals surface area contributed by atoms with Crippen LogP contribution in [0.2, 0.25) is 0 Å². The zero-order valence-corrected chi connectivity index (χ0v) is 11.0. The Morgan fingerprint density at radius 3 is 2.89 bits per heavy atom. The highest BCUT2D eigenvalue weighted by Gasteiger charge is 2.28. The molecule has 19 heavy (non-hydrogen) atoms. The standard InChI is InChI=1S/C13H11FN2O2S/c1-18-13(17)9(8-15)12-16(6-7-19-12)11-5-3-2-4-10(11)14/h2-5H,6-7H2,1H3/b12-9-. The van der Waals surface area contributed by atoms with Crippen LogP contribution in [0.5, 0.6) is 0 Å². The third-order valence-corrected chi connectivity index (χ3v) is 3.74. The van der Waals surface area contributed by atoms with Crippen molar-refractivity contribution in [3.63, 3.8) is 0 Å². The molecule has 0 unspecified atom stereocenters. The van der Waals surface area contributed by atoms with Gasteiger partial charge in [-0.2, -0.15) is 5.26 Å². The van der Waals surface area contributed by atoms with Gasteiger partial charge >= 0.3 is 5.97 Å². The summed E-state index contributed by atoms with van der Waals surface area (Å²) < 4.78 is 18.4. The molecule has 0 aromatic heterocycles. The molecule has 1 aromatic carbocycles. The van der Waals surface area contributed by atoms with Crippen molar-refractivity contribution in [1.82, 2.24) is 0 Å². The van der Waals surface area contributed by atoms with Gasteiger partial charge in [-0.3, -0.25) is 0 Å². The van der Waals surface area contributed by atoms with Gasteiger partial charge in [0.25, 0.3) is 0 Å². The van der Waals surface area contributed by atoms with Crippen molar-refractivity contribution in [1.29, 1.82) is 5.26 Å². The molecular formula is C13H11FN2O2S. The Labute approximate surface area is 114 Å². The lowest BCUT2D eigenvalue weighted by atomic mass is 10.2. The van der Waals surface area contributed by atoms with E-state index in [0.29, 0.717) is 23.0 Å². The van der Waals surface area contributed by atoms with Crippen LogP contribution >= 0.6 is 11.8 Å². The van der Waals surface area contributed by atoms with E-state index in [1.165, 1.54) is 24.9 Å². The Hall–Kier alpha value is -2.00. The predicted molar refractivity (Wildman–Crippen MR) is 70.9 cm³/mol. The number of esters is 1. The first-order valence-corrected chi connectivity index (χ1v) is 6.55. The number of thioether (sulfide) groups is 1. The molecule has 1 fully saturated rings. The number of benzene rings is 1. The van der Waals surface area contributed by atoms with E-state index < -0.39 is 5.97 Å². The molecule has 0 amide bonds. The molecule has 1 saturated heterocycles. The van der Waals surface area contributed by atoms with Crippen molar-refractivity contribution in [2.75, 3.05) is 24.3 Å². The Balaban J connectivity index is 2.48. The molecule has 0 aliphatic carbocycles. The number of nitrogens with zero attached hydrogens (tertiary/aromatic N) is 2. The first-order chi connectivity index (χ1) is 9.19. The lowest BCUT2D eigenvalue weighted by molar-refractivity contribution is -0.135. The minimum absolute atomic E-state index is 0.0896. The van der Waals surface area contributed by atoms with Gasteiger partial charge in [-0.15, -0.1) is 11.8 Å². The predicted octanol–water partition coefficient (Wildman–Crippen LogP) is 2.29. The number of rotatable bonds is 2. The van der Waals surface area contributed by atoms with Crippen LogP contribution in [-0.4, -0.2) is 25.4 Å². The van der Waals surface area contributed by atoms with Crippen molar-refractivity contribution in [2.24, 2.45) is 0 Å². The third-order valence-electron chi connectivity index (χ3n) is 2.66. The molecule has 4 nitrogen and oxygen atoms in total. The summed E-state index contributed by atoms with van der Waals surface area (Å²) in [5.74, 6) is -0.399. The fraction of sp³-hybridized carbons (Fsp3) is 0.231. The SMILES string of the molecule is COC(=O)/C(C#N)=C1\SCCN1c1ccccc1F. The average molecular weight is 278 g/mol. The van der Waals surface area contributed by atoms with Gasteiger partial charge in [0.2, 0.25) is 0 Å². The molecule has 0 radical (unpaired) electrons. The summed E-state index contributed by atoms with van der Waals surface area (Å²) in [5.41, 5.74) is 0.271. The minimum atomic E-state index is -0.701. The summed E-state index contributed by atoms with van der Waals surface area (Å²) in [5, 5.41) is 9.52. The van der Waals surface area contributed by atoms with Crippen LogP contribution in [0.3, 0.4) is 0 Å². The number of para-hydroxylation sites is 1. The first-order valence-electron chi connectivity index (χ1n) is 5.56. The van der Waals surface area contributed by atoms with Crippen LogP contribution in [0.15, 0.2) is 34.9 Å². The van der Waals surface area contributed by atoms with Crippen LogP contribution in [0.1, 0.15) is 0 Å². The van der Waals surface area contributed by atoms with Gasteiger partial charge in [-0.1, -0.05) is 12.1 Å². The molecule has 0 saturated carbocycles. The lowest BCUT2D eigenvalue weighted by Gasteiger charge is -2.20. The number of anilines is 1. The largest absolute Gasteiger partial charge is 0.465 e. The quantitative estimate of drug-likeness (QED) is 0.472. The Morgan fingerprint density at radius 1 is 1.53 bits per heavy atom. The molecule has 0 spiro atoms. The number of carbonyl (C=O) groups excluding carboxylic acids is 1. The van der Waals surface area contributed by atoms with E-state index >= 15 is 0 Å². The highest BCUT2D eigenvalue weighted by molar-refractivity contribution is 8.03. The van der Waals surface area contributed by atoms with E-state index in [1.54, 1.807) is 23.1 Å². The highest BCUT2D eigenvalue weighted by atomic mass is 32.2. The maximum Gasteiger partial charge on any atom is 0.351 e. The molecule has 0 atom stereocenters. The van der Waals surface area contributed by atoms with Gasteiger partial charge in [-0.25, -0.2) is 9.18 Å². The second-order valence-corrected chi connectivity index (χ2v) is 4.82. The molecule has 1 aliphatic rings. The second kappa shape index (κ2) is 5.76. The van der Waals surface area contributed by atoms with E-state index in [-0.39, 0.29) is 11.4 Å². The van der Waals surface area contributed by atoms with Crippen LogP contribution in [0.4, 0.5) is 10.1 Å². The van der Waals surface area contributed by atoms with Crippen molar-refractivity contribution in [2.45, 2.75) is 0 Å². The van der Waals surface area contributed by atoms with E-state index in [4.69, 9.17) is 5.26 Å². The summed E-state index contributed by atoms with van der Waals surface area (Å²) in [4.78, 5) is 13.2. The highest BCUT2D eigenvalue weighted by Crippen LogP contribution is 2.36. The van der Waals surface area contributed by atoms with Gasteiger partial charge in [0.05, 0.1) is 12.8 Å². The zero-order valence-electron chi connectivity index (χ0n) is 10.2. The van der Waals surface area contributed by atoms with Crippen LogP contribution in [0, 0.1) is 17.1 Å². The molecule has 1 aliphatic heterocycles. The Kier molecular flexibility index (Phi) is 4.07. The third kappa shape index (κ3) is 2.56. The smallest absolute Gasteiger partial charge is 0.351 e.